The number of aldehydes is 1. The minimum Gasteiger partial charge on any atom is -0.449 e. The lowest BCUT2D eigenvalue weighted by atomic mass is 9.95. The number of nitrogens with zero attached hydrogens (tertiary/aromatic N) is 1. The highest BCUT2D eigenvalue weighted by Crippen LogP contribution is 2.54. The fraction of sp³-hybridized carbons (Fsp3) is 0.857. The van der Waals surface area contributed by atoms with Crippen molar-refractivity contribution in [3.05, 3.63) is 11.4 Å². The molecule has 1 saturated carbocycles. The van der Waals surface area contributed by atoms with Crippen LogP contribution in [0, 0.1) is 23.7 Å². The van der Waals surface area contributed by atoms with Crippen LogP contribution in [0.1, 0.15) is 86.5 Å². The molecule has 0 aromatic rings. The van der Waals surface area contributed by atoms with Gasteiger partial charge >= 0.3 is 6.09 Å². The predicted octanol–water partition coefficient (Wildman–Crippen LogP) is 3.28. The summed E-state index contributed by atoms with van der Waals surface area (Å²) in [4.78, 5) is 20.9. The van der Waals surface area contributed by atoms with Gasteiger partial charge in [0.05, 0.1) is 17.7 Å². The predicted molar refractivity (Wildman–Crippen MR) is 153 cm³/mol. The summed E-state index contributed by atoms with van der Waals surface area (Å²) in [6, 6.07) is 0. The van der Waals surface area contributed by atoms with Crippen LogP contribution in [0.4, 0.5) is 4.79 Å². The number of hydrazine groups is 1. The second-order valence-corrected chi connectivity index (χ2v) is 12.0. The Morgan fingerprint density at radius 1 is 1.16 bits per heavy atom. The Balaban J connectivity index is 0.000000770. The summed E-state index contributed by atoms with van der Waals surface area (Å²) < 4.78 is 10.6. The largest absolute Gasteiger partial charge is 0.449 e. The van der Waals surface area contributed by atoms with Crippen LogP contribution < -0.4 is 22.6 Å². The molecular formula is C28H57N5O5. The molecule has 224 valence electrons. The number of hydrogen-bond donors (Lipinski definition) is 5. The summed E-state index contributed by atoms with van der Waals surface area (Å²) >= 11 is 0. The summed E-state index contributed by atoms with van der Waals surface area (Å²) in [5, 5.41) is 13.7. The molecule has 0 aromatic heterocycles. The van der Waals surface area contributed by atoms with E-state index in [0.717, 1.165) is 56.4 Å². The number of hydrogen-bond acceptors (Lipinski definition) is 9. The summed E-state index contributed by atoms with van der Waals surface area (Å²) in [6.07, 6.45) is 5.80. The Bertz CT molecular complexity index is 726. The number of ether oxygens (including phenoxy) is 2. The van der Waals surface area contributed by atoms with Crippen LogP contribution in [-0.4, -0.2) is 67.6 Å². The molecule has 8 N–H and O–H groups in total. The molecule has 0 bridgehead atoms. The molecule has 10 nitrogen and oxygen atoms in total. The Hall–Kier alpha value is -1.88. The van der Waals surface area contributed by atoms with Crippen molar-refractivity contribution in [2.24, 2.45) is 41.0 Å². The third kappa shape index (κ3) is 13.8. The zero-order chi connectivity index (χ0) is 29.5. The number of aliphatic hydroxyl groups excluding tert-OH is 1. The van der Waals surface area contributed by atoms with E-state index in [-0.39, 0.29) is 17.7 Å². The lowest BCUT2D eigenvalue weighted by Gasteiger charge is -2.39. The van der Waals surface area contributed by atoms with Crippen molar-refractivity contribution in [3.8, 4) is 0 Å². The maximum Gasteiger partial charge on any atom is 0.404 e. The highest BCUT2D eigenvalue weighted by molar-refractivity contribution is 5.64. The van der Waals surface area contributed by atoms with Gasteiger partial charge in [-0.1, -0.05) is 13.8 Å². The molecule has 2 aliphatic carbocycles. The molecule has 0 saturated heterocycles. The molecule has 1 amide bonds. The first-order valence-electron chi connectivity index (χ1n) is 13.9. The number of rotatable bonds is 12. The van der Waals surface area contributed by atoms with Crippen LogP contribution in [0.3, 0.4) is 0 Å². The van der Waals surface area contributed by atoms with E-state index in [2.05, 4.69) is 19.2 Å². The number of primary amides is 1. The molecule has 10 heteroatoms. The van der Waals surface area contributed by atoms with E-state index in [9.17, 15) is 14.7 Å². The van der Waals surface area contributed by atoms with Gasteiger partial charge < -0.3 is 41.2 Å². The highest BCUT2D eigenvalue weighted by atomic mass is 16.5. The maximum absolute atomic E-state index is 10.8. The Labute approximate surface area is 231 Å². The zero-order valence-electron chi connectivity index (χ0n) is 25.2. The number of amides is 1. The van der Waals surface area contributed by atoms with Gasteiger partial charge in [-0.05, 0) is 104 Å². The highest BCUT2D eigenvalue weighted by Gasteiger charge is 2.50. The minimum absolute atomic E-state index is 0.0884. The molecule has 2 aliphatic rings. The molecule has 38 heavy (non-hydrogen) atoms. The van der Waals surface area contributed by atoms with Gasteiger partial charge in [0.15, 0.2) is 0 Å². The van der Waals surface area contributed by atoms with Gasteiger partial charge in [-0.3, -0.25) is 0 Å². The normalized spacial score (nSPS) is 23.0. The summed E-state index contributed by atoms with van der Waals surface area (Å²) in [7, 11) is 3.75. The quantitative estimate of drug-likeness (QED) is 0.141. The van der Waals surface area contributed by atoms with Crippen molar-refractivity contribution in [1.29, 1.82) is 0 Å². The van der Waals surface area contributed by atoms with E-state index in [1.165, 1.54) is 0 Å². The van der Waals surface area contributed by atoms with E-state index in [1.54, 1.807) is 5.01 Å². The monoisotopic (exact) mass is 543 g/mol. The first kappa shape index (κ1) is 36.1. The van der Waals surface area contributed by atoms with Crippen molar-refractivity contribution in [1.82, 2.24) is 10.3 Å². The molecule has 3 unspecified atom stereocenters. The Kier molecular flexibility index (Phi) is 16.8. The van der Waals surface area contributed by atoms with E-state index >= 15 is 0 Å². The van der Waals surface area contributed by atoms with Crippen LogP contribution in [-0.2, 0) is 14.3 Å². The third-order valence-corrected chi connectivity index (χ3v) is 7.10. The average Bonchev–Trinajstić information content (AvgIpc) is 3.48. The van der Waals surface area contributed by atoms with Gasteiger partial charge in [-0.15, -0.1) is 0 Å². The zero-order valence-corrected chi connectivity index (χ0v) is 25.2. The second-order valence-electron chi connectivity index (χ2n) is 12.0. The molecule has 3 atom stereocenters. The molecule has 0 spiro atoms. The van der Waals surface area contributed by atoms with Crippen LogP contribution >= 0.6 is 0 Å². The van der Waals surface area contributed by atoms with Crippen molar-refractivity contribution in [3.63, 3.8) is 0 Å². The number of carbonyl (C=O) groups excluding carboxylic acids is 2. The fourth-order valence-electron chi connectivity index (χ4n) is 4.64. The molecular weight excluding hydrogens is 486 g/mol. The van der Waals surface area contributed by atoms with Gasteiger partial charge in [0.1, 0.15) is 6.29 Å². The SMILES string of the molecule is CC(C)(CCO)N(N)/C1=C(\N)CCC2C(CC1)C2COC(N)=O.CC(C)COC(C)(C)CCC=O.CNC. The van der Waals surface area contributed by atoms with E-state index < -0.39 is 6.09 Å². The molecule has 2 rings (SSSR count). The minimum atomic E-state index is -0.707. The van der Waals surface area contributed by atoms with Gasteiger partial charge in [-0.25, -0.2) is 10.6 Å². The van der Waals surface area contributed by atoms with E-state index in [1.807, 2.05) is 41.8 Å². The number of aliphatic hydroxyl groups is 1. The lowest BCUT2D eigenvalue weighted by molar-refractivity contribution is -0.109. The standard InChI is InChI=1S/C16H30N4O3.C10H20O2.C2H7N/c1-16(2,7-8-21)20(19)14-6-4-11-10(3-5-13(14)17)12(11)9-23-15(18)22;1-9(2)8-12-10(3,4)6-5-7-11;1-3-2/h10-12,21H,3-9,17,19H2,1-2H3,(H2,18,22);7,9H,5-6,8H2,1-4H3;3H,1-2H3/b14-13-;;. The molecule has 1 fully saturated rings. The van der Waals surface area contributed by atoms with Gasteiger partial charge in [-0.2, -0.15) is 0 Å². The lowest BCUT2D eigenvalue weighted by Crippen LogP contribution is -2.49. The van der Waals surface area contributed by atoms with Crippen LogP contribution in [0.5, 0.6) is 0 Å². The Morgan fingerprint density at radius 2 is 1.71 bits per heavy atom. The average molecular weight is 544 g/mol. The summed E-state index contributed by atoms with van der Waals surface area (Å²) in [6.45, 7) is 13.6. The van der Waals surface area contributed by atoms with Crippen LogP contribution in [0.2, 0.25) is 0 Å². The fourth-order valence-corrected chi connectivity index (χ4v) is 4.64. The van der Waals surface area contributed by atoms with E-state index in [4.69, 9.17) is 26.8 Å². The van der Waals surface area contributed by atoms with Gasteiger partial charge in [0.2, 0.25) is 0 Å². The number of fused-ring (bicyclic) bond motifs is 1. The first-order valence-corrected chi connectivity index (χ1v) is 13.9. The van der Waals surface area contributed by atoms with E-state index in [0.29, 0.717) is 43.1 Å². The van der Waals surface area contributed by atoms with Gasteiger partial charge in [0, 0.05) is 31.0 Å². The maximum atomic E-state index is 10.8. The van der Waals surface area contributed by atoms with Gasteiger partial charge in [0.25, 0.3) is 0 Å². The van der Waals surface area contributed by atoms with Crippen LogP contribution in [0.25, 0.3) is 0 Å². The summed E-state index contributed by atoms with van der Waals surface area (Å²) in [5.41, 5.74) is 12.6. The van der Waals surface area contributed by atoms with Crippen molar-refractivity contribution >= 4 is 12.4 Å². The smallest absolute Gasteiger partial charge is 0.404 e. The molecule has 0 heterocycles. The number of nitrogens with two attached hydrogens (primary N) is 3. The first-order chi connectivity index (χ1) is 17.7. The molecule has 0 radical (unpaired) electrons. The number of allylic oxidation sites excluding steroid dienone is 2. The van der Waals surface area contributed by atoms with Crippen molar-refractivity contribution in [2.75, 3.05) is 33.9 Å². The Morgan fingerprint density at radius 3 is 2.18 bits per heavy atom. The molecule has 0 aromatic carbocycles. The molecule has 0 aliphatic heterocycles. The summed E-state index contributed by atoms with van der Waals surface area (Å²) in [5.74, 6) is 8.37. The third-order valence-electron chi connectivity index (χ3n) is 7.10. The second kappa shape index (κ2) is 17.7. The van der Waals surface area contributed by atoms with Crippen molar-refractivity contribution in [2.45, 2.75) is 97.6 Å². The van der Waals surface area contributed by atoms with Crippen molar-refractivity contribution < 1.29 is 24.2 Å². The topological polar surface area (TPSA) is 166 Å². The number of nitrogens with one attached hydrogen (secondary N) is 1. The number of carbonyl (C=O) groups is 2. The van der Waals surface area contributed by atoms with Crippen LogP contribution in [0.15, 0.2) is 11.4 Å².